The molecule has 0 saturated carbocycles. The molecule has 0 amide bonds. The van der Waals surface area contributed by atoms with Crippen LogP contribution in [0.3, 0.4) is 0 Å². The van der Waals surface area contributed by atoms with Gasteiger partial charge in [0.05, 0.1) is 34.9 Å². The van der Waals surface area contributed by atoms with Crippen LogP contribution in [-0.4, -0.2) is 0 Å². The Kier molecular flexibility index (Phi) is 7.56. The lowest BCUT2D eigenvalue weighted by Gasteiger charge is -2.43. The molecule has 0 saturated heterocycles. The summed E-state index contributed by atoms with van der Waals surface area (Å²) in [6.07, 6.45) is 0. The summed E-state index contributed by atoms with van der Waals surface area (Å²) in [5, 5.41) is 35.9. The molecule has 11 aromatic rings. The van der Waals surface area contributed by atoms with Crippen molar-refractivity contribution in [2.24, 2.45) is 0 Å². The van der Waals surface area contributed by atoms with Crippen molar-refractivity contribution in [3.63, 3.8) is 0 Å². The number of para-hydroxylation sites is 2. The fraction of sp³-hybridized carbons (Fsp3) is 0.0339. The van der Waals surface area contributed by atoms with Crippen LogP contribution in [0.5, 0.6) is 0 Å². The molecule has 0 radical (unpaired) electrons. The molecule has 0 spiro atoms. The van der Waals surface area contributed by atoms with Crippen LogP contribution in [-0.2, 0) is 0 Å². The molecule has 64 heavy (non-hydrogen) atoms. The summed E-state index contributed by atoms with van der Waals surface area (Å²) in [7, 11) is 0. The minimum atomic E-state index is -0.260. The van der Waals surface area contributed by atoms with Crippen LogP contribution in [0.1, 0.15) is 61.9 Å². The molecule has 0 atom stereocenters. The second-order valence-corrected chi connectivity index (χ2v) is 16.9. The molecular weight excluding hydrogens is 783 g/mol. The van der Waals surface area contributed by atoms with E-state index < -0.39 is 0 Å². The first-order valence-electron chi connectivity index (χ1n) is 21.3. The van der Waals surface area contributed by atoms with Crippen molar-refractivity contribution in [1.82, 2.24) is 0 Å². The highest BCUT2D eigenvalue weighted by atomic mass is 16.3. The molecule has 3 aliphatic carbocycles. The van der Waals surface area contributed by atoms with Crippen LogP contribution >= 0.6 is 0 Å². The first-order valence-corrected chi connectivity index (χ1v) is 21.3. The van der Waals surface area contributed by atoms with E-state index in [1.807, 2.05) is 72.8 Å². The summed E-state index contributed by atoms with van der Waals surface area (Å²) in [6.45, 7) is 0. The first-order chi connectivity index (χ1) is 31.5. The Morgan fingerprint density at radius 3 is 1.27 bits per heavy atom. The Morgan fingerprint density at radius 1 is 0.312 bits per heavy atom. The smallest absolute Gasteiger partial charge is 0.136 e. The monoisotopic (exact) mass is 813 g/mol. The lowest BCUT2D eigenvalue weighted by Crippen LogP contribution is -2.28. The van der Waals surface area contributed by atoms with Gasteiger partial charge in [0.25, 0.3) is 0 Å². The second-order valence-electron chi connectivity index (χ2n) is 16.9. The van der Waals surface area contributed by atoms with Crippen molar-refractivity contribution in [2.75, 3.05) is 0 Å². The molecule has 2 heterocycles. The second kappa shape index (κ2) is 13.5. The van der Waals surface area contributed by atoms with Gasteiger partial charge in [-0.3, -0.25) is 0 Å². The zero-order valence-corrected chi connectivity index (χ0v) is 34.1. The zero-order chi connectivity index (χ0) is 42.6. The van der Waals surface area contributed by atoms with Crippen molar-refractivity contribution < 1.29 is 8.83 Å². The van der Waals surface area contributed by atoms with Crippen LogP contribution in [0.2, 0.25) is 0 Å². The van der Waals surface area contributed by atoms with Gasteiger partial charge in [-0.25, -0.2) is 0 Å². The number of furan rings is 2. The van der Waals surface area contributed by atoms with Crippen LogP contribution in [0.4, 0.5) is 0 Å². The number of hydrogen-bond acceptors (Lipinski definition) is 5. The number of nitrogens with zero attached hydrogens (tertiary/aromatic N) is 3. The lowest BCUT2D eigenvalue weighted by atomic mass is 9.59. The quantitative estimate of drug-likeness (QED) is 0.176. The fourth-order valence-electron chi connectivity index (χ4n) is 10.6. The summed E-state index contributed by atoms with van der Waals surface area (Å²) < 4.78 is 12.5. The SMILES string of the molecule is N#Cc1ccc2c(c1)C1c3cc(C#N)c(-c4cccc(-c5ccc6c(c5)oc5ccccc56)c4)cc3C2c2cc(-c3cccc(-c4ccc5c(c4)oc4ccccc45)c3)c(C#N)cc21. The fourth-order valence-corrected chi connectivity index (χ4v) is 10.6. The van der Waals surface area contributed by atoms with E-state index in [9.17, 15) is 15.8 Å². The summed E-state index contributed by atoms with van der Waals surface area (Å²) in [4.78, 5) is 0. The highest BCUT2D eigenvalue weighted by molar-refractivity contribution is 6.07. The van der Waals surface area contributed by atoms with Gasteiger partial charge in [0.15, 0.2) is 0 Å². The molecule has 2 bridgehead atoms. The van der Waals surface area contributed by atoms with Gasteiger partial charge in [0.1, 0.15) is 22.3 Å². The van der Waals surface area contributed by atoms with E-state index in [-0.39, 0.29) is 11.8 Å². The van der Waals surface area contributed by atoms with E-state index in [0.717, 1.165) is 122 Å². The Bertz CT molecular complexity index is 3750. The lowest BCUT2D eigenvalue weighted by molar-refractivity contribution is 0.668. The summed E-state index contributed by atoms with van der Waals surface area (Å²) in [5.41, 5.74) is 19.3. The summed E-state index contributed by atoms with van der Waals surface area (Å²) >= 11 is 0. The first kappa shape index (κ1) is 35.8. The molecule has 3 aliphatic rings. The van der Waals surface area contributed by atoms with Gasteiger partial charge >= 0.3 is 0 Å². The molecule has 5 heteroatoms. The highest BCUT2D eigenvalue weighted by Crippen LogP contribution is 2.58. The third kappa shape index (κ3) is 5.21. The third-order valence-corrected chi connectivity index (χ3v) is 13.5. The maximum absolute atomic E-state index is 10.8. The largest absolute Gasteiger partial charge is 0.456 e. The van der Waals surface area contributed by atoms with Crippen LogP contribution < -0.4 is 0 Å². The number of nitriles is 3. The molecular formula is C59H31N3O2. The molecule has 0 fully saturated rings. The predicted octanol–water partition coefficient (Wildman–Crippen LogP) is 14.8. The van der Waals surface area contributed by atoms with E-state index >= 15 is 0 Å². The molecule has 5 nitrogen and oxygen atoms in total. The van der Waals surface area contributed by atoms with E-state index in [2.05, 4.69) is 121 Å². The van der Waals surface area contributed by atoms with Crippen LogP contribution in [0.25, 0.3) is 88.4 Å². The molecule has 0 N–H and O–H groups in total. The highest BCUT2D eigenvalue weighted by Gasteiger charge is 2.43. The van der Waals surface area contributed by atoms with Gasteiger partial charge < -0.3 is 8.83 Å². The summed E-state index contributed by atoms with van der Waals surface area (Å²) in [6, 6.07) is 67.5. The molecule has 0 unspecified atom stereocenters. The number of fused-ring (bicyclic) bond motifs is 6. The topological polar surface area (TPSA) is 97.7 Å². The third-order valence-electron chi connectivity index (χ3n) is 13.5. The maximum Gasteiger partial charge on any atom is 0.136 e. The number of hydrogen-bond donors (Lipinski definition) is 0. The van der Waals surface area contributed by atoms with Gasteiger partial charge in [0, 0.05) is 33.4 Å². The minimum Gasteiger partial charge on any atom is -0.456 e. The van der Waals surface area contributed by atoms with Gasteiger partial charge in [0.2, 0.25) is 0 Å². The Hall–Kier alpha value is -8.95. The Morgan fingerprint density at radius 2 is 0.750 bits per heavy atom. The Labute approximate surface area is 367 Å². The van der Waals surface area contributed by atoms with Gasteiger partial charge in [-0.15, -0.1) is 0 Å². The van der Waals surface area contributed by atoms with Gasteiger partial charge in [-0.2, -0.15) is 15.8 Å². The molecule has 294 valence electrons. The maximum atomic E-state index is 10.8. The molecule has 0 aliphatic heterocycles. The van der Waals surface area contributed by atoms with Crippen LogP contribution in [0, 0.1) is 34.0 Å². The summed E-state index contributed by atoms with van der Waals surface area (Å²) in [5.74, 6) is -0.447. The Balaban J connectivity index is 0.943. The van der Waals surface area contributed by atoms with Crippen molar-refractivity contribution >= 4 is 43.9 Å². The molecule has 14 rings (SSSR count). The normalized spacial score (nSPS) is 14.5. The molecule has 9 aromatic carbocycles. The van der Waals surface area contributed by atoms with Crippen molar-refractivity contribution in [1.29, 1.82) is 15.8 Å². The van der Waals surface area contributed by atoms with E-state index in [1.165, 1.54) is 0 Å². The zero-order valence-electron chi connectivity index (χ0n) is 34.1. The van der Waals surface area contributed by atoms with Crippen molar-refractivity contribution in [3.8, 4) is 62.7 Å². The standard InChI is InChI=1S/C59H31N3O2/c60-30-33-15-18-46-49(21-33)59-50-24-40(31-61)47(38-9-5-7-34(22-38)36-16-19-44-42-11-1-3-13-54(42)63-56(44)26-36)28-52(50)58(46)53-29-48(41(32-62)25-51(53)59)39-10-6-8-35(23-39)37-17-20-45-43-12-2-4-14-55(43)64-57(45)27-37/h1-29,58-59H. The van der Waals surface area contributed by atoms with E-state index in [1.54, 1.807) is 0 Å². The van der Waals surface area contributed by atoms with Crippen molar-refractivity contribution in [3.05, 3.63) is 226 Å². The predicted molar refractivity (Wildman–Crippen MR) is 252 cm³/mol. The van der Waals surface area contributed by atoms with Crippen molar-refractivity contribution in [2.45, 2.75) is 11.8 Å². The number of benzene rings is 9. The molecule has 2 aromatic heterocycles. The average molecular weight is 814 g/mol. The minimum absolute atomic E-state index is 0.187. The van der Waals surface area contributed by atoms with E-state index in [4.69, 9.17) is 8.83 Å². The van der Waals surface area contributed by atoms with Gasteiger partial charge in [-0.1, -0.05) is 91.0 Å². The van der Waals surface area contributed by atoms with Gasteiger partial charge in [-0.05, 0) is 163 Å². The number of rotatable bonds is 4. The van der Waals surface area contributed by atoms with E-state index in [0.29, 0.717) is 16.7 Å². The average Bonchev–Trinajstić information content (AvgIpc) is 3.93. The van der Waals surface area contributed by atoms with Crippen LogP contribution in [0.15, 0.2) is 185 Å².